The molecule has 9 heteroatoms. The number of nitrogens with zero attached hydrogens (tertiary/aromatic N) is 1. The highest BCUT2D eigenvalue weighted by molar-refractivity contribution is 7.89. The standard InChI is InChI=1S/C14H16ClF3N2O2S/c15-12-3-1-2-11(14(16,17)18)13(12)23(21,22)20-7-6-9-4-5-10(8-20)19-9/h1-3,9-10,19H,4-8H2. The van der Waals surface area contributed by atoms with Crippen LogP contribution in [0.3, 0.4) is 0 Å². The molecule has 0 spiro atoms. The van der Waals surface area contributed by atoms with E-state index in [4.69, 9.17) is 11.6 Å². The van der Waals surface area contributed by atoms with Gasteiger partial charge in [-0.15, -0.1) is 0 Å². The Morgan fingerprint density at radius 2 is 1.87 bits per heavy atom. The molecule has 1 N–H and O–H groups in total. The molecule has 2 bridgehead atoms. The van der Waals surface area contributed by atoms with Crippen molar-refractivity contribution in [3.05, 3.63) is 28.8 Å². The monoisotopic (exact) mass is 368 g/mol. The van der Waals surface area contributed by atoms with E-state index >= 15 is 0 Å². The number of hydrogen-bond acceptors (Lipinski definition) is 3. The van der Waals surface area contributed by atoms with Gasteiger partial charge in [-0.3, -0.25) is 0 Å². The van der Waals surface area contributed by atoms with Crippen LogP contribution < -0.4 is 5.32 Å². The van der Waals surface area contributed by atoms with Crippen LogP contribution in [0.1, 0.15) is 24.8 Å². The first-order chi connectivity index (χ1) is 10.7. The minimum atomic E-state index is -4.78. The number of alkyl halides is 3. The fraction of sp³-hybridized carbons (Fsp3) is 0.571. The van der Waals surface area contributed by atoms with E-state index in [0.717, 1.165) is 29.3 Å². The van der Waals surface area contributed by atoms with Crippen LogP contribution in [0.25, 0.3) is 0 Å². The first-order valence-corrected chi connectivity index (χ1v) is 9.13. The number of fused-ring (bicyclic) bond motifs is 2. The van der Waals surface area contributed by atoms with Crippen LogP contribution >= 0.6 is 11.6 Å². The van der Waals surface area contributed by atoms with Gasteiger partial charge in [0.1, 0.15) is 4.90 Å². The SMILES string of the molecule is O=S(=O)(c1c(Cl)cccc1C(F)(F)F)N1CCC2CCC(C1)N2. The third kappa shape index (κ3) is 3.22. The van der Waals surface area contributed by atoms with Gasteiger partial charge in [0, 0.05) is 25.2 Å². The molecule has 3 rings (SSSR count). The molecule has 2 fully saturated rings. The Labute approximate surface area is 137 Å². The van der Waals surface area contributed by atoms with Crippen molar-refractivity contribution < 1.29 is 21.6 Å². The number of benzene rings is 1. The molecule has 128 valence electrons. The van der Waals surface area contributed by atoms with Crippen molar-refractivity contribution in [3.63, 3.8) is 0 Å². The maximum Gasteiger partial charge on any atom is 0.417 e. The summed E-state index contributed by atoms with van der Waals surface area (Å²) in [5.41, 5.74) is -1.22. The van der Waals surface area contributed by atoms with E-state index < -0.39 is 31.7 Å². The lowest BCUT2D eigenvalue weighted by Crippen LogP contribution is -2.39. The fourth-order valence-electron chi connectivity index (χ4n) is 3.25. The topological polar surface area (TPSA) is 49.4 Å². The van der Waals surface area contributed by atoms with Crippen LogP contribution in [0.5, 0.6) is 0 Å². The average Bonchev–Trinajstić information content (AvgIpc) is 2.76. The van der Waals surface area contributed by atoms with Crippen molar-refractivity contribution in [2.24, 2.45) is 0 Å². The molecule has 1 aromatic carbocycles. The maximum absolute atomic E-state index is 13.2. The minimum Gasteiger partial charge on any atom is -0.310 e. The zero-order valence-electron chi connectivity index (χ0n) is 12.1. The summed E-state index contributed by atoms with van der Waals surface area (Å²) in [5, 5.41) is 2.90. The van der Waals surface area contributed by atoms with E-state index in [9.17, 15) is 21.6 Å². The predicted molar refractivity (Wildman–Crippen MR) is 79.8 cm³/mol. The van der Waals surface area contributed by atoms with E-state index in [1.54, 1.807) is 0 Å². The number of rotatable bonds is 2. The largest absolute Gasteiger partial charge is 0.417 e. The number of nitrogens with one attached hydrogen (secondary N) is 1. The Morgan fingerprint density at radius 1 is 1.17 bits per heavy atom. The highest BCUT2D eigenvalue weighted by atomic mass is 35.5. The van der Waals surface area contributed by atoms with Crippen LogP contribution in [-0.4, -0.2) is 37.9 Å². The van der Waals surface area contributed by atoms with Crippen LogP contribution in [0.15, 0.2) is 23.1 Å². The number of hydrogen-bond donors (Lipinski definition) is 1. The third-order valence-electron chi connectivity index (χ3n) is 4.36. The van der Waals surface area contributed by atoms with E-state index in [-0.39, 0.29) is 25.2 Å². The zero-order valence-corrected chi connectivity index (χ0v) is 13.7. The molecule has 0 radical (unpaired) electrons. The Morgan fingerprint density at radius 3 is 2.57 bits per heavy atom. The molecule has 2 saturated heterocycles. The van der Waals surface area contributed by atoms with Crippen LogP contribution in [0.4, 0.5) is 13.2 Å². The summed E-state index contributed by atoms with van der Waals surface area (Å²) in [4.78, 5) is -0.841. The van der Waals surface area contributed by atoms with Gasteiger partial charge < -0.3 is 5.32 Å². The molecule has 0 aromatic heterocycles. The van der Waals surface area contributed by atoms with Crippen LogP contribution in [0.2, 0.25) is 5.02 Å². The highest BCUT2D eigenvalue weighted by Gasteiger charge is 2.42. The van der Waals surface area contributed by atoms with Crippen molar-refractivity contribution in [2.75, 3.05) is 13.1 Å². The number of halogens is 4. The van der Waals surface area contributed by atoms with Gasteiger partial charge in [-0.25, -0.2) is 8.42 Å². The molecule has 2 unspecified atom stereocenters. The normalized spacial score (nSPS) is 26.3. The maximum atomic E-state index is 13.2. The van der Waals surface area contributed by atoms with Crippen molar-refractivity contribution in [3.8, 4) is 0 Å². The molecular weight excluding hydrogens is 353 g/mol. The van der Waals surface area contributed by atoms with Gasteiger partial charge in [-0.05, 0) is 31.4 Å². The summed E-state index contributed by atoms with van der Waals surface area (Å²) in [6.45, 7) is 0.361. The minimum absolute atomic E-state index is 0.0194. The Kier molecular flexibility index (Phi) is 4.37. The summed E-state index contributed by atoms with van der Waals surface area (Å²) in [6.07, 6.45) is -2.40. The molecule has 4 nitrogen and oxygen atoms in total. The van der Waals surface area contributed by atoms with Crippen LogP contribution in [0, 0.1) is 0 Å². The number of sulfonamides is 1. The summed E-state index contributed by atoms with van der Waals surface area (Å²) >= 11 is 5.84. The second kappa shape index (κ2) is 5.91. The lowest BCUT2D eigenvalue weighted by molar-refractivity contribution is -0.139. The third-order valence-corrected chi connectivity index (χ3v) is 6.75. The molecule has 1 aromatic rings. The first kappa shape index (κ1) is 17.0. The predicted octanol–water partition coefficient (Wildman–Crippen LogP) is 2.87. The second-order valence-electron chi connectivity index (χ2n) is 5.90. The quantitative estimate of drug-likeness (QED) is 0.873. The van der Waals surface area contributed by atoms with Crippen molar-refractivity contribution in [1.29, 1.82) is 0 Å². The van der Waals surface area contributed by atoms with E-state index in [2.05, 4.69) is 5.32 Å². The van der Waals surface area contributed by atoms with Gasteiger partial charge in [0.2, 0.25) is 10.0 Å². The summed E-state index contributed by atoms with van der Waals surface area (Å²) in [7, 11) is -4.31. The van der Waals surface area contributed by atoms with E-state index in [0.29, 0.717) is 6.42 Å². The molecule has 0 saturated carbocycles. The summed E-state index contributed by atoms with van der Waals surface area (Å²) < 4.78 is 66.4. The Balaban J connectivity index is 2.03. The molecule has 2 aliphatic rings. The summed E-state index contributed by atoms with van der Waals surface area (Å²) in [6, 6.07) is 3.24. The lowest BCUT2D eigenvalue weighted by Gasteiger charge is -2.25. The molecule has 2 atom stereocenters. The van der Waals surface area contributed by atoms with Gasteiger partial charge in [-0.1, -0.05) is 17.7 Å². The van der Waals surface area contributed by atoms with Crippen molar-refractivity contribution >= 4 is 21.6 Å². The molecule has 23 heavy (non-hydrogen) atoms. The van der Waals surface area contributed by atoms with Gasteiger partial charge in [0.05, 0.1) is 10.6 Å². The molecule has 2 heterocycles. The van der Waals surface area contributed by atoms with Crippen molar-refractivity contribution in [1.82, 2.24) is 9.62 Å². The van der Waals surface area contributed by atoms with Gasteiger partial charge in [0.15, 0.2) is 0 Å². The van der Waals surface area contributed by atoms with Gasteiger partial charge in [0.25, 0.3) is 0 Å². The molecular formula is C14H16ClF3N2O2S. The zero-order chi connectivity index (χ0) is 16.8. The Hall–Kier alpha value is -0.830. The van der Waals surface area contributed by atoms with E-state index in [1.165, 1.54) is 6.07 Å². The smallest absolute Gasteiger partial charge is 0.310 e. The Bertz CT molecular complexity index is 708. The van der Waals surface area contributed by atoms with E-state index in [1.807, 2.05) is 0 Å². The molecule has 0 amide bonds. The second-order valence-corrected chi connectivity index (χ2v) is 8.19. The summed E-state index contributed by atoms with van der Waals surface area (Å²) in [5.74, 6) is 0. The van der Waals surface area contributed by atoms with Crippen molar-refractivity contribution in [2.45, 2.75) is 42.4 Å². The van der Waals surface area contributed by atoms with Gasteiger partial charge >= 0.3 is 6.18 Å². The fourth-order valence-corrected chi connectivity index (χ4v) is 5.48. The van der Waals surface area contributed by atoms with Gasteiger partial charge in [-0.2, -0.15) is 17.5 Å². The highest BCUT2D eigenvalue weighted by Crippen LogP contribution is 2.39. The first-order valence-electron chi connectivity index (χ1n) is 7.31. The lowest BCUT2D eigenvalue weighted by atomic mass is 10.1. The molecule has 0 aliphatic carbocycles. The average molecular weight is 369 g/mol. The van der Waals surface area contributed by atoms with Crippen LogP contribution in [-0.2, 0) is 16.2 Å². The molecule has 2 aliphatic heterocycles.